The van der Waals surface area contributed by atoms with E-state index >= 15 is 0 Å². The minimum Gasteiger partial charge on any atom is -0.376 e. The molecule has 29 heavy (non-hydrogen) atoms. The smallest absolute Gasteiger partial charge is 0.243 e. The van der Waals surface area contributed by atoms with Gasteiger partial charge in [-0.25, -0.2) is 0 Å². The predicted molar refractivity (Wildman–Crippen MR) is 114 cm³/mol. The van der Waals surface area contributed by atoms with E-state index < -0.39 is 6.04 Å². The van der Waals surface area contributed by atoms with Gasteiger partial charge in [-0.1, -0.05) is 54.1 Å². The summed E-state index contributed by atoms with van der Waals surface area (Å²) in [4.78, 5) is 27.2. The molecule has 1 aliphatic heterocycles. The van der Waals surface area contributed by atoms with Gasteiger partial charge in [0, 0.05) is 38.1 Å². The lowest BCUT2D eigenvalue weighted by molar-refractivity contribution is -0.139. The molecule has 3 rings (SSSR count). The van der Waals surface area contributed by atoms with Gasteiger partial charge in [0.15, 0.2) is 0 Å². The van der Waals surface area contributed by atoms with Gasteiger partial charge in [-0.2, -0.15) is 0 Å². The van der Waals surface area contributed by atoms with E-state index in [1.54, 1.807) is 17.0 Å². The summed E-state index contributed by atoms with van der Waals surface area (Å²) in [6.45, 7) is 3.06. The first-order chi connectivity index (χ1) is 14.0. The van der Waals surface area contributed by atoms with Crippen molar-refractivity contribution in [3.8, 4) is 0 Å². The topological polar surface area (TPSA) is 58.6 Å². The minimum absolute atomic E-state index is 0.0540. The number of carbonyl (C=O) groups is 2. The number of rotatable bonds is 8. The van der Waals surface area contributed by atoms with Crippen LogP contribution in [0, 0.1) is 0 Å². The van der Waals surface area contributed by atoms with Crippen molar-refractivity contribution in [3.63, 3.8) is 0 Å². The van der Waals surface area contributed by atoms with Crippen molar-refractivity contribution in [3.05, 3.63) is 70.7 Å². The highest BCUT2D eigenvalue weighted by molar-refractivity contribution is 6.30. The Balaban J connectivity index is 1.78. The van der Waals surface area contributed by atoms with E-state index in [0.717, 1.165) is 30.6 Å². The number of nitrogens with zero attached hydrogens (tertiary/aromatic N) is 1. The molecule has 6 heteroatoms. The van der Waals surface area contributed by atoms with Crippen molar-refractivity contribution in [2.24, 2.45) is 0 Å². The molecule has 1 saturated heterocycles. The summed E-state index contributed by atoms with van der Waals surface area (Å²) in [5, 5.41) is 3.63. The fourth-order valence-electron chi connectivity index (χ4n) is 3.55. The maximum atomic E-state index is 13.1. The Hall–Kier alpha value is -2.37. The van der Waals surface area contributed by atoms with Gasteiger partial charge < -0.3 is 15.0 Å². The molecule has 0 aromatic heterocycles. The number of ether oxygens (including phenoxy) is 1. The fraction of sp³-hybridized carbons (Fsp3) is 0.391. The Labute approximate surface area is 177 Å². The second-order valence-corrected chi connectivity index (χ2v) is 7.80. The second kappa shape index (κ2) is 10.4. The van der Waals surface area contributed by atoms with Crippen LogP contribution in [0.25, 0.3) is 0 Å². The van der Waals surface area contributed by atoms with Crippen LogP contribution in [-0.2, 0) is 27.3 Å². The highest BCUT2D eigenvalue weighted by Crippen LogP contribution is 2.17. The molecular weight excluding hydrogens is 388 g/mol. The number of hydrogen-bond donors (Lipinski definition) is 1. The summed E-state index contributed by atoms with van der Waals surface area (Å²) in [7, 11) is 0. The molecule has 0 unspecified atom stereocenters. The van der Waals surface area contributed by atoms with Crippen LogP contribution in [0.1, 0.15) is 30.9 Å². The Kier molecular flexibility index (Phi) is 7.67. The number of hydrogen-bond acceptors (Lipinski definition) is 3. The number of nitrogens with one attached hydrogen (secondary N) is 1. The standard InChI is InChI=1S/C23H27ClN2O3/c1-17(27)26(16-19-9-11-20(24)12-10-19)22(14-18-6-3-2-4-7-18)23(28)25-15-21-8-5-13-29-21/h2-4,6-7,9-12,21-22H,5,8,13-16H2,1H3,(H,25,28)/t21-,22-/m1/s1. The highest BCUT2D eigenvalue weighted by atomic mass is 35.5. The van der Waals surface area contributed by atoms with Crippen molar-refractivity contribution in [1.29, 1.82) is 0 Å². The van der Waals surface area contributed by atoms with Crippen LogP contribution in [0.4, 0.5) is 0 Å². The van der Waals surface area contributed by atoms with Crippen LogP contribution in [0.3, 0.4) is 0 Å². The first kappa shape index (κ1) is 21.3. The van der Waals surface area contributed by atoms with Gasteiger partial charge in [0.1, 0.15) is 6.04 Å². The lowest BCUT2D eigenvalue weighted by Crippen LogP contribution is -2.51. The zero-order valence-electron chi connectivity index (χ0n) is 16.6. The van der Waals surface area contributed by atoms with Gasteiger partial charge in [-0.05, 0) is 36.1 Å². The largest absolute Gasteiger partial charge is 0.376 e. The van der Waals surface area contributed by atoms with E-state index in [1.165, 1.54) is 6.92 Å². The first-order valence-corrected chi connectivity index (χ1v) is 10.4. The molecule has 2 aromatic rings. The number of benzene rings is 2. The van der Waals surface area contributed by atoms with E-state index in [1.807, 2.05) is 42.5 Å². The third-order valence-corrected chi connectivity index (χ3v) is 5.40. The zero-order chi connectivity index (χ0) is 20.6. The molecule has 2 atom stereocenters. The van der Waals surface area contributed by atoms with E-state index in [4.69, 9.17) is 16.3 Å². The van der Waals surface area contributed by atoms with E-state index in [-0.39, 0.29) is 17.9 Å². The molecule has 1 N–H and O–H groups in total. The highest BCUT2D eigenvalue weighted by Gasteiger charge is 2.29. The Bertz CT molecular complexity index is 805. The van der Waals surface area contributed by atoms with E-state index in [2.05, 4.69) is 5.32 Å². The minimum atomic E-state index is -0.605. The zero-order valence-corrected chi connectivity index (χ0v) is 17.4. The predicted octanol–water partition coefficient (Wildman–Crippen LogP) is 3.60. The van der Waals surface area contributed by atoms with Crippen LogP contribution in [-0.4, -0.2) is 42.0 Å². The summed E-state index contributed by atoms with van der Waals surface area (Å²) in [5.41, 5.74) is 1.93. The molecular formula is C23H27ClN2O3. The molecule has 2 amide bonds. The Morgan fingerprint density at radius 2 is 1.86 bits per heavy atom. The van der Waals surface area contributed by atoms with E-state index in [9.17, 15) is 9.59 Å². The van der Waals surface area contributed by atoms with Crippen molar-refractivity contribution >= 4 is 23.4 Å². The van der Waals surface area contributed by atoms with Crippen LogP contribution >= 0.6 is 11.6 Å². The number of halogens is 1. The van der Waals surface area contributed by atoms with Gasteiger partial charge in [-0.15, -0.1) is 0 Å². The summed E-state index contributed by atoms with van der Waals surface area (Å²) >= 11 is 5.98. The maximum Gasteiger partial charge on any atom is 0.243 e. The molecule has 0 bridgehead atoms. The van der Waals surface area contributed by atoms with Crippen molar-refractivity contribution in [2.75, 3.05) is 13.2 Å². The van der Waals surface area contributed by atoms with Crippen LogP contribution in [0.5, 0.6) is 0 Å². The lowest BCUT2D eigenvalue weighted by atomic mass is 10.0. The Morgan fingerprint density at radius 3 is 2.48 bits per heavy atom. The third-order valence-electron chi connectivity index (χ3n) is 5.15. The first-order valence-electron chi connectivity index (χ1n) is 9.98. The second-order valence-electron chi connectivity index (χ2n) is 7.36. The van der Waals surface area contributed by atoms with E-state index in [0.29, 0.717) is 24.5 Å². The summed E-state index contributed by atoms with van der Waals surface area (Å²) in [5.74, 6) is -0.304. The van der Waals surface area contributed by atoms with Crippen molar-refractivity contribution in [1.82, 2.24) is 10.2 Å². The van der Waals surface area contributed by atoms with Crippen molar-refractivity contribution in [2.45, 2.75) is 44.9 Å². The SMILES string of the molecule is CC(=O)N(Cc1ccc(Cl)cc1)[C@H](Cc1ccccc1)C(=O)NC[C@H]1CCCO1. The summed E-state index contributed by atoms with van der Waals surface area (Å²) in [6.07, 6.45) is 2.47. The van der Waals surface area contributed by atoms with Gasteiger partial charge in [0.25, 0.3) is 0 Å². The average molecular weight is 415 g/mol. The molecule has 1 fully saturated rings. The lowest BCUT2D eigenvalue weighted by Gasteiger charge is -2.31. The molecule has 0 spiro atoms. The average Bonchev–Trinajstić information content (AvgIpc) is 3.24. The molecule has 0 saturated carbocycles. The Morgan fingerprint density at radius 1 is 1.14 bits per heavy atom. The molecule has 1 heterocycles. The monoisotopic (exact) mass is 414 g/mol. The molecule has 0 aliphatic carbocycles. The molecule has 2 aromatic carbocycles. The summed E-state index contributed by atoms with van der Waals surface area (Å²) < 4.78 is 5.61. The molecule has 0 radical (unpaired) electrons. The van der Waals surface area contributed by atoms with Crippen molar-refractivity contribution < 1.29 is 14.3 Å². The molecule has 5 nitrogen and oxygen atoms in total. The van der Waals surface area contributed by atoms with Gasteiger partial charge in [-0.3, -0.25) is 9.59 Å². The van der Waals surface area contributed by atoms with Crippen LogP contribution < -0.4 is 5.32 Å². The van der Waals surface area contributed by atoms with Gasteiger partial charge in [0.05, 0.1) is 6.10 Å². The quantitative estimate of drug-likeness (QED) is 0.718. The third kappa shape index (κ3) is 6.31. The number of carbonyl (C=O) groups excluding carboxylic acids is 2. The molecule has 154 valence electrons. The summed E-state index contributed by atoms with van der Waals surface area (Å²) in [6, 6.07) is 16.5. The normalized spacial score (nSPS) is 17.0. The fourth-order valence-corrected chi connectivity index (χ4v) is 3.67. The van der Waals surface area contributed by atoms with Crippen LogP contribution in [0.2, 0.25) is 5.02 Å². The van der Waals surface area contributed by atoms with Gasteiger partial charge in [0.2, 0.25) is 11.8 Å². The molecule has 1 aliphatic rings. The van der Waals surface area contributed by atoms with Gasteiger partial charge >= 0.3 is 0 Å². The van der Waals surface area contributed by atoms with Crippen LogP contribution in [0.15, 0.2) is 54.6 Å². The maximum absolute atomic E-state index is 13.1. The number of amides is 2.